The molecule has 1 aliphatic heterocycles. The van der Waals surface area contributed by atoms with Crippen molar-refractivity contribution in [2.75, 3.05) is 19.6 Å². The molecule has 7 nitrogen and oxygen atoms in total. The summed E-state index contributed by atoms with van der Waals surface area (Å²) in [6, 6.07) is 0. The Bertz CT molecular complexity index is 324. The molecule has 0 bridgehead atoms. The SMILES string of the molecule is CCCCN1CCCNC1=C(C(=O)O)[N+](=O)[O-]. The van der Waals surface area contributed by atoms with Gasteiger partial charge < -0.3 is 15.3 Å². The van der Waals surface area contributed by atoms with Crippen LogP contribution in [-0.4, -0.2) is 40.5 Å². The summed E-state index contributed by atoms with van der Waals surface area (Å²) in [5.74, 6) is -1.36. The highest BCUT2D eigenvalue weighted by molar-refractivity contribution is 5.84. The van der Waals surface area contributed by atoms with E-state index in [-0.39, 0.29) is 5.82 Å². The second-order valence-electron chi connectivity index (χ2n) is 3.88. The van der Waals surface area contributed by atoms with Gasteiger partial charge in [-0.15, -0.1) is 0 Å². The number of nitrogens with zero attached hydrogens (tertiary/aromatic N) is 2. The van der Waals surface area contributed by atoms with Gasteiger partial charge in [-0.1, -0.05) is 13.3 Å². The first-order chi connectivity index (χ1) is 8.07. The van der Waals surface area contributed by atoms with Crippen LogP contribution in [-0.2, 0) is 4.79 Å². The molecule has 1 fully saturated rings. The largest absolute Gasteiger partial charge is 0.473 e. The Morgan fingerprint density at radius 1 is 1.65 bits per heavy atom. The first-order valence-electron chi connectivity index (χ1n) is 5.68. The number of carboxylic acid groups (broad SMARTS) is 1. The third-order valence-electron chi connectivity index (χ3n) is 2.60. The molecular formula is C10H17N3O4. The minimum absolute atomic E-state index is 0.141. The molecular weight excluding hydrogens is 226 g/mol. The molecule has 1 aliphatic rings. The van der Waals surface area contributed by atoms with Gasteiger partial charge in [-0.25, -0.2) is 4.79 Å². The average Bonchev–Trinajstić information content (AvgIpc) is 2.27. The molecule has 1 saturated heterocycles. The molecule has 0 spiro atoms. The van der Waals surface area contributed by atoms with Crippen LogP contribution < -0.4 is 5.32 Å². The van der Waals surface area contributed by atoms with E-state index < -0.39 is 16.6 Å². The number of hydrogen-bond donors (Lipinski definition) is 2. The second kappa shape index (κ2) is 6.07. The number of hydrogen-bond acceptors (Lipinski definition) is 5. The van der Waals surface area contributed by atoms with E-state index in [1.807, 2.05) is 6.92 Å². The van der Waals surface area contributed by atoms with Crippen LogP contribution in [0.15, 0.2) is 11.5 Å². The van der Waals surface area contributed by atoms with Crippen LogP contribution in [0.2, 0.25) is 0 Å². The summed E-state index contributed by atoms with van der Waals surface area (Å²) in [5, 5.41) is 22.5. The molecule has 0 aromatic rings. The van der Waals surface area contributed by atoms with Gasteiger partial charge in [-0.3, -0.25) is 10.1 Å². The van der Waals surface area contributed by atoms with Crippen LogP contribution in [0.4, 0.5) is 0 Å². The summed E-state index contributed by atoms with van der Waals surface area (Å²) in [6.07, 6.45) is 2.71. The molecule has 7 heteroatoms. The number of nitro groups is 1. The number of rotatable bonds is 5. The number of carboxylic acids is 1. The topological polar surface area (TPSA) is 95.7 Å². The number of nitrogens with one attached hydrogen (secondary N) is 1. The number of unbranched alkanes of at least 4 members (excludes halogenated alkanes) is 1. The van der Waals surface area contributed by atoms with E-state index in [0.29, 0.717) is 19.6 Å². The fraction of sp³-hybridized carbons (Fsp3) is 0.700. The van der Waals surface area contributed by atoms with Crippen LogP contribution >= 0.6 is 0 Å². The standard InChI is InChI=1S/C10H17N3O4/c1-2-3-6-12-7-4-5-11-9(12)8(10(14)15)13(16)17/h11H,2-7H2,1H3,(H,14,15). The summed E-state index contributed by atoms with van der Waals surface area (Å²) in [5.41, 5.74) is -0.763. The zero-order chi connectivity index (χ0) is 12.8. The molecule has 1 rings (SSSR count). The summed E-state index contributed by atoms with van der Waals surface area (Å²) in [6.45, 7) is 3.89. The maximum Gasteiger partial charge on any atom is 0.411 e. The molecule has 0 aliphatic carbocycles. The second-order valence-corrected chi connectivity index (χ2v) is 3.88. The van der Waals surface area contributed by atoms with Crippen LogP contribution in [0.1, 0.15) is 26.2 Å². The summed E-state index contributed by atoms with van der Waals surface area (Å²) < 4.78 is 0. The summed E-state index contributed by atoms with van der Waals surface area (Å²) >= 11 is 0. The summed E-state index contributed by atoms with van der Waals surface area (Å²) in [7, 11) is 0. The average molecular weight is 243 g/mol. The van der Waals surface area contributed by atoms with Crippen LogP contribution in [0.25, 0.3) is 0 Å². The van der Waals surface area contributed by atoms with Crippen molar-refractivity contribution in [1.82, 2.24) is 10.2 Å². The fourth-order valence-corrected chi connectivity index (χ4v) is 1.77. The van der Waals surface area contributed by atoms with Gasteiger partial charge in [0, 0.05) is 19.6 Å². The molecule has 1 heterocycles. The summed E-state index contributed by atoms with van der Waals surface area (Å²) in [4.78, 5) is 22.6. The quantitative estimate of drug-likeness (QED) is 0.417. The Kier molecular flexibility index (Phi) is 4.74. The smallest absolute Gasteiger partial charge is 0.411 e. The van der Waals surface area contributed by atoms with Gasteiger partial charge in [0.25, 0.3) is 0 Å². The van der Waals surface area contributed by atoms with Gasteiger partial charge in [0.2, 0.25) is 0 Å². The highest BCUT2D eigenvalue weighted by Crippen LogP contribution is 2.14. The van der Waals surface area contributed by atoms with Crippen molar-refractivity contribution < 1.29 is 14.8 Å². The van der Waals surface area contributed by atoms with Gasteiger partial charge in [-0.05, 0) is 12.8 Å². The zero-order valence-corrected chi connectivity index (χ0v) is 9.81. The van der Waals surface area contributed by atoms with Gasteiger partial charge in [0.1, 0.15) is 0 Å². The Morgan fingerprint density at radius 2 is 2.35 bits per heavy atom. The minimum atomic E-state index is -1.50. The molecule has 96 valence electrons. The lowest BCUT2D eigenvalue weighted by molar-refractivity contribution is -0.423. The van der Waals surface area contributed by atoms with Crippen molar-refractivity contribution in [3.8, 4) is 0 Å². The molecule has 0 aromatic heterocycles. The highest BCUT2D eigenvalue weighted by Gasteiger charge is 2.32. The minimum Gasteiger partial charge on any atom is -0.473 e. The molecule has 17 heavy (non-hydrogen) atoms. The van der Waals surface area contributed by atoms with Crippen molar-refractivity contribution in [2.24, 2.45) is 0 Å². The van der Waals surface area contributed by atoms with Crippen LogP contribution in [0.3, 0.4) is 0 Å². The fourth-order valence-electron chi connectivity index (χ4n) is 1.77. The van der Waals surface area contributed by atoms with E-state index in [1.54, 1.807) is 4.90 Å². The molecule has 0 radical (unpaired) electrons. The lowest BCUT2D eigenvalue weighted by Gasteiger charge is -2.31. The van der Waals surface area contributed by atoms with E-state index in [0.717, 1.165) is 19.3 Å². The van der Waals surface area contributed by atoms with Gasteiger partial charge >= 0.3 is 11.7 Å². The van der Waals surface area contributed by atoms with Crippen molar-refractivity contribution in [3.05, 3.63) is 21.6 Å². The molecule has 0 unspecified atom stereocenters. The Balaban J connectivity index is 2.97. The van der Waals surface area contributed by atoms with Gasteiger partial charge in [0.15, 0.2) is 5.82 Å². The monoisotopic (exact) mass is 243 g/mol. The molecule has 2 N–H and O–H groups in total. The van der Waals surface area contributed by atoms with Crippen molar-refractivity contribution in [3.63, 3.8) is 0 Å². The maximum atomic E-state index is 10.9. The normalized spacial score (nSPS) is 18.5. The third-order valence-corrected chi connectivity index (χ3v) is 2.60. The Hall–Kier alpha value is -1.79. The molecule has 0 amide bonds. The van der Waals surface area contributed by atoms with E-state index in [2.05, 4.69) is 5.32 Å². The number of aliphatic carboxylic acids is 1. The lowest BCUT2D eigenvalue weighted by Crippen LogP contribution is -2.42. The van der Waals surface area contributed by atoms with Crippen LogP contribution in [0.5, 0.6) is 0 Å². The van der Waals surface area contributed by atoms with Gasteiger partial charge in [-0.2, -0.15) is 0 Å². The molecule has 0 aromatic carbocycles. The van der Waals surface area contributed by atoms with Crippen molar-refractivity contribution in [2.45, 2.75) is 26.2 Å². The lowest BCUT2D eigenvalue weighted by atomic mass is 10.2. The van der Waals surface area contributed by atoms with Crippen LogP contribution in [0, 0.1) is 10.1 Å². The number of carbonyl (C=O) groups is 1. The van der Waals surface area contributed by atoms with E-state index in [1.165, 1.54) is 0 Å². The zero-order valence-electron chi connectivity index (χ0n) is 9.81. The highest BCUT2D eigenvalue weighted by atomic mass is 16.6. The maximum absolute atomic E-state index is 10.9. The van der Waals surface area contributed by atoms with Crippen molar-refractivity contribution in [1.29, 1.82) is 0 Å². The molecule has 0 saturated carbocycles. The predicted molar refractivity (Wildman–Crippen MR) is 60.8 cm³/mol. The third kappa shape index (κ3) is 3.33. The predicted octanol–water partition coefficient (Wildman–Crippen LogP) is 0.612. The van der Waals surface area contributed by atoms with E-state index in [9.17, 15) is 14.9 Å². The van der Waals surface area contributed by atoms with E-state index >= 15 is 0 Å². The first-order valence-corrected chi connectivity index (χ1v) is 5.68. The Morgan fingerprint density at radius 3 is 2.88 bits per heavy atom. The first kappa shape index (κ1) is 13.3. The van der Waals surface area contributed by atoms with E-state index in [4.69, 9.17) is 5.11 Å². The molecule has 0 atom stereocenters. The Labute approximate surface area is 99.2 Å². The van der Waals surface area contributed by atoms with Crippen molar-refractivity contribution >= 4 is 5.97 Å². The van der Waals surface area contributed by atoms with Gasteiger partial charge in [0.05, 0.1) is 4.92 Å².